The minimum atomic E-state index is -0.319. The van der Waals surface area contributed by atoms with Crippen LogP contribution in [-0.2, 0) is 0 Å². The van der Waals surface area contributed by atoms with Gasteiger partial charge in [0.15, 0.2) is 5.65 Å². The second-order valence-corrected chi connectivity index (χ2v) is 5.76. The molecule has 6 nitrogen and oxygen atoms in total. The van der Waals surface area contributed by atoms with Crippen molar-refractivity contribution in [2.75, 3.05) is 7.11 Å². The smallest absolute Gasteiger partial charge is 0.349 e. The van der Waals surface area contributed by atoms with Crippen molar-refractivity contribution < 1.29 is 4.74 Å². The van der Waals surface area contributed by atoms with Gasteiger partial charge in [0.2, 0.25) is 0 Å². The van der Waals surface area contributed by atoms with E-state index in [-0.39, 0.29) is 5.69 Å². The highest BCUT2D eigenvalue weighted by Crippen LogP contribution is 2.44. The molecule has 0 spiro atoms. The summed E-state index contributed by atoms with van der Waals surface area (Å²) in [5.74, 6) is 0.762. The van der Waals surface area contributed by atoms with Gasteiger partial charge in [0.05, 0.1) is 30.1 Å². The van der Waals surface area contributed by atoms with Gasteiger partial charge in [0, 0.05) is 10.9 Å². The molecule has 7 heteroatoms. The second kappa shape index (κ2) is 5.36. The first-order chi connectivity index (χ1) is 11.3. The Morgan fingerprint density at radius 1 is 1.22 bits per heavy atom. The molecule has 1 N–H and O–H groups in total. The van der Waals surface area contributed by atoms with Crippen LogP contribution in [-0.4, -0.2) is 26.7 Å². The van der Waals surface area contributed by atoms with Crippen molar-refractivity contribution in [3.8, 4) is 27.3 Å². The Balaban J connectivity index is 1.94. The van der Waals surface area contributed by atoms with Gasteiger partial charge in [-0.15, -0.1) is 11.3 Å². The number of benzene rings is 1. The minimum Gasteiger partial charge on any atom is -0.495 e. The van der Waals surface area contributed by atoms with E-state index >= 15 is 0 Å². The summed E-state index contributed by atoms with van der Waals surface area (Å²) in [5, 5.41) is 6.16. The summed E-state index contributed by atoms with van der Waals surface area (Å²) in [5.41, 5.74) is 3.06. The molecule has 23 heavy (non-hydrogen) atoms. The van der Waals surface area contributed by atoms with Crippen LogP contribution in [0.4, 0.5) is 0 Å². The molecule has 4 rings (SSSR count). The van der Waals surface area contributed by atoms with Crippen LogP contribution in [0, 0.1) is 0 Å². The van der Waals surface area contributed by atoms with Crippen molar-refractivity contribution in [2.24, 2.45) is 0 Å². The average molecular weight is 324 g/mol. The number of rotatable bonds is 3. The monoisotopic (exact) mass is 324 g/mol. The summed E-state index contributed by atoms with van der Waals surface area (Å²) in [6, 6.07) is 10.0. The van der Waals surface area contributed by atoms with E-state index in [0.717, 1.165) is 27.3 Å². The van der Waals surface area contributed by atoms with E-state index in [1.54, 1.807) is 24.6 Å². The molecule has 0 fully saturated rings. The Morgan fingerprint density at radius 3 is 2.83 bits per heavy atom. The lowest BCUT2D eigenvalue weighted by atomic mass is 10.1. The van der Waals surface area contributed by atoms with Crippen LogP contribution in [0.25, 0.3) is 27.2 Å². The third-order valence-corrected chi connectivity index (χ3v) is 4.58. The van der Waals surface area contributed by atoms with E-state index < -0.39 is 0 Å². The van der Waals surface area contributed by atoms with Gasteiger partial charge in [-0.2, -0.15) is 9.61 Å². The zero-order valence-electron chi connectivity index (χ0n) is 12.2. The lowest BCUT2D eigenvalue weighted by Crippen LogP contribution is -2.17. The van der Waals surface area contributed by atoms with Crippen molar-refractivity contribution in [2.45, 2.75) is 0 Å². The first-order valence-corrected chi connectivity index (χ1v) is 7.80. The lowest BCUT2D eigenvalue weighted by molar-refractivity contribution is 0.420. The summed E-state index contributed by atoms with van der Waals surface area (Å²) in [6.45, 7) is 0. The average Bonchev–Trinajstić information content (AvgIpc) is 3.19. The van der Waals surface area contributed by atoms with Crippen LogP contribution in [0.3, 0.4) is 0 Å². The number of nitrogens with zero attached hydrogens (tertiary/aromatic N) is 3. The van der Waals surface area contributed by atoms with Crippen LogP contribution in [0.2, 0.25) is 0 Å². The van der Waals surface area contributed by atoms with Gasteiger partial charge in [0.25, 0.3) is 0 Å². The zero-order valence-corrected chi connectivity index (χ0v) is 13.0. The topological polar surface area (TPSA) is 72.3 Å². The number of H-pyrrole nitrogens is 1. The number of fused-ring (bicyclic) bond motifs is 1. The highest BCUT2D eigenvalue weighted by atomic mass is 32.1. The van der Waals surface area contributed by atoms with Crippen LogP contribution in [0.1, 0.15) is 0 Å². The Kier molecular flexibility index (Phi) is 3.20. The lowest BCUT2D eigenvalue weighted by Gasteiger charge is -2.05. The van der Waals surface area contributed by atoms with E-state index in [1.165, 1.54) is 10.8 Å². The molecule has 0 unspecified atom stereocenters. The number of methoxy groups -OCH3 is 1. The number of nitrogens with one attached hydrogen (secondary N) is 1. The van der Waals surface area contributed by atoms with E-state index in [9.17, 15) is 4.79 Å². The fraction of sp³-hybridized carbons (Fsp3) is 0.0625. The third kappa shape index (κ3) is 2.13. The molecule has 3 aromatic heterocycles. The molecule has 114 valence electrons. The Labute approximate surface area is 135 Å². The summed E-state index contributed by atoms with van der Waals surface area (Å²) in [4.78, 5) is 19.4. The van der Waals surface area contributed by atoms with E-state index in [1.807, 2.05) is 35.7 Å². The summed E-state index contributed by atoms with van der Waals surface area (Å²) in [7, 11) is 1.64. The molecule has 0 radical (unpaired) electrons. The van der Waals surface area contributed by atoms with Gasteiger partial charge in [0.1, 0.15) is 5.75 Å². The molecular formula is C16H12N4O2S. The normalized spacial score (nSPS) is 11.0. The van der Waals surface area contributed by atoms with Gasteiger partial charge in [-0.05, 0) is 5.56 Å². The van der Waals surface area contributed by atoms with Gasteiger partial charge in [-0.3, -0.25) is 4.98 Å². The summed E-state index contributed by atoms with van der Waals surface area (Å²) in [6.07, 6.45) is 3.02. The summed E-state index contributed by atoms with van der Waals surface area (Å²) < 4.78 is 6.88. The predicted molar refractivity (Wildman–Crippen MR) is 88.9 cm³/mol. The number of aromatic amines is 1. The Morgan fingerprint density at radius 2 is 2.04 bits per heavy atom. The summed E-state index contributed by atoms with van der Waals surface area (Å²) >= 11 is 1.54. The van der Waals surface area contributed by atoms with Crippen molar-refractivity contribution in [3.05, 3.63) is 58.7 Å². The molecule has 3 heterocycles. The first kappa shape index (κ1) is 13.7. The van der Waals surface area contributed by atoms with Crippen molar-refractivity contribution in [1.82, 2.24) is 19.6 Å². The van der Waals surface area contributed by atoms with Crippen molar-refractivity contribution >= 4 is 17.0 Å². The fourth-order valence-electron chi connectivity index (χ4n) is 2.54. The maximum Gasteiger partial charge on any atom is 0.349 e. The quantitative estimate of drug-likeness (QED) is 0.629. The highest BCUT2D eigenvalue weighted by Gasteiger charge is 2.19. The standard InChI is InChI=1S/C16H12N4O2S/c1-22-13-12(10-5-3-2-4-6-10)8-23-14(13)11-7-19-20-15(11)17-9-18-16(20)21/h2-9H,1H3,(H,17,18,21). The number of aromatic nitrogens is 4. The van der Waals surface area contributed by atoms with Crippen molar-refractivity contribution in [1.29, 1.82) is 0 Å². The molecule has 0 aliphatic carbocycles. The molecule has 0 bridgehead atoms. The van der Waals surface area contributed by atoms with Crippen LogP contribution in [0.5, 0.6) is 5.75 Å². The molecular weight excluding hydrogens is 312 g/mol. The third-order valence-electron chi connectivity index (χ3n) is 3.59. The zero-order chi connectivity index (χ0) is 15.8. The van der Waals surface area contributed by atoms with Gasteiger partial charge < -0.3 is 4.74 Å². The van der Waals surface area contributed by atoms with Gasteiger partial charge >= 0.3 is 5.69 Å². The number of ether oxygens (including phenoxy) is 1. The molecule has 0 aliphatic rings. The molecule has 0 saturated carbocycles. The maximum absolute atomic E-state index is 11.8. The first-order valence-electron chi connectivity index (χ1n) is 6.92. The van der Waals surface area contributed by atoms with E-state index in [2.05, 4.69) is 15.1 Å². The number of hydrogen-bond acceptors (Lipinski definition) is 5. The fourth-order valence-corrected chi connectivity index (χ4v) is 3.59. The van der Waals surface area contributed by atoms with E-state index in [0.29, 0.717) is 5.65 Å². The van der Waals surface area contributed by atoms with Crippen LogP contribution < -0.4 is 10.4 Å². The molecule has 4 aromatic rings. The molecule has 0 saturated heterocycles. The molecule has 0 aliphatic heterocycles. The minimum absolute atomic E-state index is 0.319. The predicted octanol–water partition coefficient (Wildman–Crippen LogP) is 2.82. The van der Waals surface area contributed by atoms with Gasteiger partial charge in [-0.1, -0.05) is 30.3 Å². The SMILES string of the molecule is COc1c(-c2ccccc2)csc1-c1cnn2c(=O)[nH]cnc12. The largest absolute Gasteiger partial charge is 0.495 e. The Hall–Kier alpha value is -2.93. The molecule has 0 atom stereocenters. The van der Waals surface area contributed by atoms with Crippen molar-refractivity contribution in [3.63, 3.8) is 0 Å². The maximum atomic E-state index is 11.8. The van der Waals surface area contributed by atoms with E-state index in [4.69, 9.17) is 4.74 Å². The number of thiophene rings is 1. The number of hydrogen-bond donors (Lipinski definition) is 1. The Bertz CT molecular complexity index is 1030. The molecule has 1 aromatic carbocycles. The van der Waals surface area contributed by atoms with Crippen LogP contribution >= 0.6 is 11.3 Å². The second-order valence-electron chi connectivity index (χ2n) is 4.88. The van der Waals surface area contributed by atoms with Gasteiger partial charge in [-0.25, -0.2) is 9.78 Å². The molecule has 0 amide bonds. The van der Waals surface area contributed by atoms with Crippen LogP contribution in [0.15, 0.2) is 53.0 Å². The highest BCUT2D eigenvalue weighted by molar-refractivity contribution is 7.14.